The first-order valence-corrected chi connectivity index (χ1v) is 6.05. The highest BCUT2D eigenvalue weighted by Crippen LogP contribution is 2.23. The Bertz CT molecular complexity index is 439. The molecule has 3 N–H and O–H groups in total. The van der Waals surface area contributed by atoms with Gasteiger partial charge in [-0.1, -0.05) is 23.8 Å². The summed E-state index contributed by atoms with van der Waals surface area (Å²) in [5, 5.41) is 3.23. The topological polar surface area (TPSA) is 55.1 Å². The Hall–Kier alpha value is -0.650. The van der Waals surface area contributed by atoms with E-state index >= 15 is 0 Å². The molecule has 0 aliphatic heterocycles. The van der Waals surface area contributed by atoms with Crippen molar-refractivity contribution in [1.82, 2.24) is 5.32 Å². The normalized spacial score (nSPS) is 11.9. The van der Waals surface area contributed by atoms with Crippen molar-refractivity contribution in [2.45, 2.75) is 13.0 Å². The Morgan fingerprint density at radius 3 is 2.75 bits per heavy atom. The molecule has 1 aromatic carbocycles. The van der Waals surface area contributed by atoms with Gasteiger partial charge in [-0.05, 0) is 41.1 Å². The molecule has 0 aromatic heterocycles. The molecule has 86 valence electrons. The second-order valence-corrected chi connectivity index (χ2v) is 4.96. The number of rotatable bonds is 3. The highest BCUT2D eigenvalue weighted by Gasteiger charge is 2.12. The van der Waals surface area contributed by atoms with Crippen molar-refractivity contribution in [3.63, 3.8) is 0 Å². The fraction of sp³-hybridized carbons (Fsp3) is 0.200. The molecule has 6 heteroatoms. The molecule has 0 aliphatic carbocycles. The van der Waals surface area contributed by atoms with Gasteiger partial charge in [-0.3, -0.25) is 4.79 Å². The Morgan fingerprint density at radius 2 is 2.25 bits per heavy atom. The van der Waals surface area contributed by atoms with Gasteiger partial charge in [-0.25, -0.2) is 0 Å². The van der Waals surface area contributed by atoms with Crippen molar-refractivity contribution in [3.05, 3.63) is 33.3 Å². The quantitative estimate of drug-likeness (QED) is 0.841. The van der Waals surface area contributed by atoms with Crippen molar-refractivity contribution in [2.24, 2.45) is 5.73 Å². The summed E-state index contributed by atoms with van der Waals surface area (Å²) in [6, 6.07) is 4.59. The lowest BCUT2D eigenvalue weighted by Gasteiger charge is -2.12. The summed E-state index contributed by atoms with van der Waals surface area (Å²) in [5.41, 5.74) is 5.90. The molecule has 1 atom stereocenters. The molecule has 1 rings (SSSR count). The van der Waals surface area contributed by atoms with Gasteiger partial charge in [0.05, 0.1) is 16.1 Å². The van der Waals surface area contributed by atoms with Crippen LogP contribution in [0.2, 0.25) is 5.02 Å². The molecule has 0 fully saturated rings. The van der Waals surface area contributed by atoms with E-state index in [4.69, 9.17) is 29.6 Å². The summed E-state index contributed by atoms with van der Waals surface area (Å²) in [6.45, 7) is 1.73. The number of nitrogens with one attached hydrogen (secondary N) is 1. The highest BCUT2D eigenvalue weighted by molar-refractivity contribution is 9.10. The summed E-state index contributed by atoms with van der Waals surface area (Å²) in [7, 11) is 0. The number of nitrogens with two attached hydrogens (primary N) is 1. The average molecular weight is 322 g/mol. The number of thiocarbonyl (C=S) groups is 1. The van der Waals surface area contributed by atoms with Gasteiger partial charge in [0.25, 0.3) is 5.91 Å². The molecule has 1 unspecified atom stereocenters. The molecule has 0 saturated carbocycles. The van der Waals surface area contributed by atoms with Crippen LogP contribution in [-0.2, 0) is 0 Å². The first kappa shape index (κ1) is 13.4. The third kappa shape index (κ3) is 3.43. The van der Waals surface area contributed by atoms with Gasteiger partial charge in [0.2, 0.25) is 0 Å². The summed E-state index contributed by atoms with van der Waals surface area (Å²) in [5.74, 6) is -0.238. The number of hydrogen-bond donors (Lipinski definition) is 2. The second-order valence-electron chi connectivity index (χ2n) is 3.23. The number of halogens is 2. The maximum absolute atomic E-state index is 11.7. The maximum Gasteiger partial charge on any atom is 0.251 e. The van der Waals surface area contributed by atoms with E-state index in [1.807, 2.05) is 0 Å². The van der Waals surface area contributed by atoms with Crippen LogP contribution in [0, 0.1) is 0 Å². The van der Waals surface area contributed by atoms with Crippen LogP contribution < -0.4 is 11.1 Å². The minimum atomic E-state index is -0.336. The number of amides is 1. The average Bonchev–Trinajstić information content (AvgIpc) is 2.21. The Labute approximate surface area is 112 Å². The Morgan fingerprint density at radius 1 is 1.62 bits per heavy atom. The largest absolute Gasteiger partial charge is 0.392 e. The molecule has 16 heavy (non-hydrogen) atoms. The van der Waals surface area contributed by atoms with Crippen LogP contribution in [0.3, 0.4) is 0 Å². The van der Waals surface area contributed by atoms with Crippen LogP contribution in [0.5, 0.6) is 0 Å². The number of hydrogen-bond acceptors (Lipinski definition) is 2. The number of carbonyl (C=O) groups is 1. The molecule has 1 amide bonds. The summed E-state index contributed by atoms with van der Waals surface area (Å²) < 4.78 is 0.671. The number of benzene rings is 1. The third-order valence-corrected chi connectivity index (χ3v) is 3.52. The molecule has 1 aromatic rings. The minimum Gasteiger partial charge on any atom is -0.392 e. The first-order valence-electron chi connectivity index (χ1n) is 4.47. The summed E-state index contributed by atoms with van der Waals surface area (Å²) in [4.78, 5) is 12.0. The van der Waals surface area contributed by atoms with Crippen molar-refractivity contribution < 1.29 is 4.79 Å². The molecule has 0 heterocycles. The second kappa shape index (κ2) is 5.61. The van der Waals surface area contributed by atoms with Crippen LogP contribution in [0.15, 0.2) is 22.7 Å². The lowest BCUT2D eigenvalue weighted by atomic mass is 10.2. The molecule has 0 aliphatic rings. The van der Waals surface area contributed by atoms with Gasteiger partial charge in [-0.2, -0.15) is 0 Å². The SMILES string of the molecule is CC(NC(=O)c1ccc(Cl)c(Br)c1)C(N)=S. The van der Waals surface area contributed by atoms with E-state index in [9.17, 15) is 4.79 Å². The Balaban J connectivity index is 2.81. The Kier molecular flexibility index (Phi) is 4.70. The van der Waals surface area contributed by atoms with Crippen molar-refractivity contribution in [3.8, 4) is 0 Å². The summed E-state index contributed by atoms with van der Waals surface area (Å²) in [6.07, 6.45) is 0. The predicted octanol–water partition coefficient (Wildman–Crippen LogP) is 2.51. The number of carbonyl (C=O) groups excluding carboxylic acids is 1. The van der Waals surface area contributed by atoms with Gasteiger partial charge >= 0.3 is 0 Å². The molecule has 0 spiro atoms. The summed E-state index contributed by atoms with van der Waals surface area (Å²) >= 11 is 13.8. The van der Waals surface area contributed by atoms with E-state index < -0.39 is 0 Å². The fourth-order valence-corrected chi connectivity index (χ4v) is 1.54. The molecular weight excluding hydrogens is 312 g/mol. The monoisotopic (exact) mass is 320 g/mol. The van der Waals surface area contributed by atoms with Crippen LogP contribution in [0.4, 0.5) is 0 Å². The maximum atomic E-state index is 11.7. The first-order chi connectivity index (χ1) is 7.41. The van der Waals surface area contributed by atoms with E-state index in [0.29, 0.717) is 15.1 Å². The molecule has 0 saturated heterocycles. The zero-order chi connectivity index (χ0) is 12.3. The molecular formula is C10H10BrClN2OS. The fourth-order valence-electron chi connectivity index (χ4n) is 0.988. The van der Waals surface area contributed by atoms with Gasteiger partial charge in [-0.15, -0.1) is 0 Å². The zero-order valence-electron chi connectivity index (χ0n) is 8.46. The molecule has 0 bridgehead atoms. The minimum absolute atomic E-state index is 0.238. The smallest absolute Gasteiger partial charge is 0.251 e. The van der Waals surface area contributed by atoms with E-state index in [1.54, 1.807) is 25.1 Å². The van der Waals surface area contributed by atoms with E-state index in [2.05, 4.69) is 21.2 Å². The van der Waals surface area contributed by atoms with Crippen LogP contribution in [-0.4, -0.2) is 16.9 Å². The van der Waals surface area contributed by atoms with Crippen LogP contribution >= 0.6 is 39.7 Å². The van der Waals surface area contributed by atoms with Gasteiger partial charge < -0.3 is 11.1 Å². The lowest BCUT2D eigenvalue weighted by molar-refractivity contribution is 0.0949. The van der Waals surface area contributed by atoms with Crippen molar-refractivity contribution in [2.75, 3.05) is 0 Å². The third-order valence-electron chi connectivity index (χ3n) is 1.96. The van der Waals surface area contributed by atoms with Gasteiger partial charge in [0.1, 0.15) is 0 Å². The molecule has 3 nitrogen and oxygen atoms in total. The van der Waals surface area contributed by atoms with Crippen molar-refractivity contribution >= 4 is 50.6 Å². The van der Waals surface area contributed by atoms with E-state index in [-0.39, 0.29) is 16.9 Å². The van der Waals surface area contributed by atoms with Crippen LogP contribution in [0.25, 0.3) is 0 Å². The van der Waals surface area contributed by atoms with Crippen molar-refractivity contribution in [1.29, 1.82) is 0 Å². The van der Waals surface area contributed by atoms with E-state index in [1.165, 1.54) is 0 Å². The predicted molar refractivity (Wildman–Crippen MR) is 72.9 cm³/mol. The lowest BCUT2D eigenvalue weighted by Crippen LogP contribution is -2.41. The van der Waals surface area contributed by atoms with E-state index in [0.717, 1.165) is 0 Å². The van der Waals surface area contributed by atoms with Crippen LogP contribution in [0.1, 0.15) is 17.3 Å². The standard InChI is InChI=1S/C10H10BrClN2OS/c1-5(9(13)16)14-10(15)6-2-3-8(12)7(11)4-6/h2-5H,1H3,(H2,13,16)(H,14,15). The van der Waals surface area contributed by atoms with Gasteiger partial charge in [0.15, 0.2) is 0 Å². The van der Waals surface area contributed by atoms with Gasteiger partial charge in [0, 0.05) is 10.0 Å². The highest BCUT2D eigenvalue weighted by atomic mass is 79.9. The zero-order valence-corrected chi connectivity index (χ0v) is 11.6. The molecule has 0 radical (unpaired) electrons.